The van der Waals surface area contributed by atoms with Crippen molar-refractivity contribution in [1.29, 1.82) is 0 Å². The number of hydrogen-bond acceptors (Lipinski definition) is 4. The molecule has 4 heteroatoms. The van der Waals surface area contributed by atoms with E-state index in [9.17, 15) is 0 Å². The van der Waals surface area contributed by atoms with Gasteiger partial charge in [-0.2, -0.15) is 0 Å². The van der Waals surface area contributed by atoms with Gasteiger partial charge in [0, 0.05) is 6.04 Å². The second-order valence-electron chi connectivity index (χ2n) is 4.70. The third-order valence-electron chi connectivity index (χ3n) is 3.15. The Morgan fingerprint density at radius 1 is 1.28 bits per heavy atom. The predicted molar refractivity (Wildman–Crippen MR) is 70.5 cm³/mol. The molecule has 1 saturated heterocycles. The molecule has 1 aliphatic rings. The average Bonchev–Trinajstić information content (AvgIpc) is 2.33. The van der Waals surface area contributed by atoms with Gasteiger partial charge in [0.25, 0.3) is 0 Å². The summed E-state index contributed by atoms with van der Waals surface area (Å²) < 4.78 is 15.7. The molecule has 0 bridgehead atoms. The van der Waals surface area contributed by atoms with E-state index in [1.165, 1.54) is 5.56 Å². The minimum atomic E-state index is 0.428. The van der Waals surface area contributed by atoms with Crippen LogP contribution in [0.1, 0.15) is 12.5 Å². The smallest absolute Gasteiger partial charge is 0.160 e. The summed E-state index contributed by atoms with van der Waals surface area (Å²) in [6.45, 7) is 3.85. The fourth-order valence-electron chi connectivity index (χ4n) is 2.15. The van der Waals surface area contributed by atoms with Crippen LogP contribution >= 0.6 is 0 Å². The molecular formula is C14H21NO3. The Hall–Kier alpha value is -1.26. The number of ether oxygens (including phenoxy) is 3. The van der Waals surface area contributed by atoms with Crippen LogP contribution in [-0.2, 0) is 11.2 Å². The summed E-state index contributed by atoms with van der Waals surface area (Å²) in [5.41, 5.74) is 1.24. The molecule has 100 valence electrons. The molecular weight excluding hydrogens is 230 g/mol. The van der Waals surface area contributed by atoms with Crippen molar-refractivity contribution in [3.8, 4) is 11.5 Å². The standard InChI is InChI=1S/C14H21NO3/c1-10(15-12-8-18-9-12)6-11-4-5-13(16-2)14(7-11)17-3/h4-5,7,10,12,15H,6,8-9H2,1-3H3. The van der Waals surface area contributed by atoms with Crippen LogP contribution in [0, 0.1) is 0 Å². The van der Waals surface area contributed by atoms with Crippen molar-refractivity contribution in [2.45, 2.75) is 25.4 Å². The number of benzene rings is 1. The summed E-state index contributed by atoms with van der Waals surface area (Å²) in [7, 11) is 3.31. The summed E-state index contributed by atoms with van der Waals surface area (Å²) in [6, 6.07) is 7.01. The first-order valence-corrected chi connectivity index (χ1v) is 6.27. The molecule has 1 unspecified atom stereocenters. The minimum Gasteiger partial charge on any atom is -0.493 e. The van der Waals surface area contributed by atoms with Gasteiger partial charge < -0.3 is 19.5 Å². The highest BCUT2D eigenvalue weighted by atomic mass is 16.5. The monoisotopic (exact) mass is 251 g/mol. The summed E-state index contributed by atoms with van der Waals surface area (Å²) in [5, 5.41) is 3.53. The Balaban J connectivity index is 1.95. The molecule has 18 heavy (non-hydrogen) atoms. The molecule has 1 aromatic carbocycles. The van der Waals surface area contributed by atoms with Crippen molar-refractivity contribution >= 4 is 0 Å². The second kappa shape index (κ2) is 6.07. The molecule has 4 nitrogen and oxygen atoms in total. The van der Waals surface area contributed by atoms with Crippen molar-refractivity contribution < 1.29 is 14.2 Å². The van der Waals surface area contributed by atoms with Crippen LogP contribution in [-0.4, -0.2) is 39.5 Å². The molecule has 0 radical (unpaired) electrons. The Morgan fingerprint density at radius 3 is 2.56 bits per heavy atom. The van der Waals surface area contributed by atoms with Crippen LogP contribution < -0.4 is 14.8 Å². The van der Waals surface area contributed by atoms with Gasteiger partial charge in [0.15, 0.2) is 11.5 Å². The number of methoxy groups -OCH3 is 2. The van der Waals surface area contributed by atoms with Crippen molar-refractivity contribution in [1.82, 2.24) is 5.32 Å². The predicted octanol–water partition coefficient (Wildman–Crippen LogP) is 1.62. The van der Waals surface area contributed by atoms with E-state index < -0.39 is 0 Å². The van der Waals surface area contributed by atoms with Gasteiger partial charge in [-0.3, -0.25) is 0 Å². The van der Waals surface area contributed by atoms with Crippen molar-refractivity contribution in [3.63, 3.8) is 0 Å². The van der Waals surface area contributed by atoms with Gasteiger partial charge in [-0.05, 0) is 31.0 Å². The van der Waals surface area contributed by atoms with Crippen LogP contribution in [0.5, 0.6) is 11.5 Å². The molecule has 1 heterocycles. The summed E-state index contributed by atoms with van der Waals surface area (Å²) in [4.78, 5) is 0. The zero-order chi connectivity index (χ0) is 13.0. The van der Waals surface area contributed by atoms with E-state index in [0.29, 0.717) is 12.1 Å². The molecule has 1 N–H and O–H groups in total. The van der Waals surface area contributed by atoms with E-state index in [1.54, 1.807) is 14.2 Å². The maximum absolute atomic E-state index is 5.31. The van der Waals surface area contributed by atoms with E-state index >= 15 is 0 Å². The molecule has 0 aliphatic carbocycles. The molecule has 1 fully saturated rings. The first-order chi connectivity index (χ1) is 8.72. The van der Waals surface area contributed by atoms with E-state index in [-0.39, 0.29) is 0 Å². The lowest BCUT2D eigenvalue weighted by atomic mass is 10.1. The largest absolute Gasteiger partial charge is 0.493 e. The fourth-order valence-corrected chi connectivity index (χ4v) is 2.15. The summed E-state index contributed by atoms with van der Waals surface area (Å²) in [5.74, 6) is 1.56. The molecule has 1 atom stereocenters. The average molecular weight is 251 g/mol. The molecule has 0 spiro atoms. The van der Waals surface area contributed by atoms with E-state index in [2.05, 4.69) is 18.3 Å². The normalized spacial score (nSPS) is 17.1. The molecule has 1 aliphatic heterocycles. The highest BCUT2D eigenvalue weighted by Gasteiger charge is 2.20. The molecule has 0 aromatic heterocycles. The van der Waals surface area contributed by atoms with Crippen molar-refractivity contribution in [3.05, 3.63) is 23.8 Å². The van der Waals surface area contributed by atoms with E-state index in [1.807, 2.05) is 12.1 Å². The van der Waals surface area contributed by atoms with Crippen molar-refractivity contribution in [2.75, 3.05) is 27.4 Å². The maximum Gasteiger partial charge on any atom is 0.160 e. The highest BCUT2D eigenvalue weighted by Crippen LogP contribution is 2.28. The first kappa shape index (κ1) is 13.2. The summed E-state index contributed by atoms with van der Waals surface area (Å²) >= 11 is 0. The van der Waals surface area contributed by atoms with Gasteiger partial charge in [-0.15, -0.1) is 0 Å². The SMILES string of the molecule is COc1ccc(CC(C)NC2COC2)cc1OC. The third kappa shape index (κ3) is 3.15. The van der Waals surface area contributed by atoms with Gasteiger partial charge in [0.2, 0.25) is 0 Å². The Morgan fingerprint density at radius 2 is 2.00 bits per heavy atom. The lowest BCUT2D eigenvalue weighted by Crippen LogP contribution is -2.50. The van der Waals surface area contributed by atoms with Gasteiger partial charge in [-0.25, -0.2) is 0 Å². The van der Waals surface area contributed by atoms with Gasteiger partial charge in [-0.1, -0.05) is 6.07 Å². The summed E-state index contributed by atoms with van der Waals surface area (Å²) in [6.07, 6.45) is 0.969. The molecule has 0 saturated carbocycles. The van der Waals surface area contributed by atoms with Gasteiger partial charge >= 0.3 is 0 Å². The van der Waals surface area contributed by atoms with Crippen LogP contribution in [0.2, 0.25) is 0 Å². The van der Waals surface area contributed by atoms with E-state index in [0.717, 1.165) is 31.1 Å². The Kier molecular flexibility index (Phi) is 4.44. The Labute approximate surface area is 108 Å². The number of rotatable bonds is 6. The number of nitrogens with one attached hydrogen (secondary N) is 1. The minimum absolute atomic E-state index is 0.428. The lowest BCUT2D eigenvalue weighted by molar-refractivity contribution is -0.00908. The van der Waals surface area contributed by atoms with Gasteiger partial charge in [0.05, 0.1) is 33.5 Å². The second-order valence-corrected chi connectivity index (χ2v) is 4.70. The Bertz CT molecular complexity index is 391. The third-order valence-corrected chi connectivity index (χ3v) is 3.15. The molecule has 0 amide bonds. The first-order valence-electron chi connectivity index (χ1n) is 6.27. The highest BCUT2D eigenvalue weighted by molar-refractivity contribution is 5.43. The maximum atomic E-state index is 5.31. The van der Waals surface area contributed by atoms with Crippen LogP contribution in [0.25, 0.3) is 0 Å². The van der Waals surface area contributed by atoms with Crippen molar-refractivity contribution in [2.24, 2.45) is 0 Å². The van der Waals surface area contributed by atoms with Gasteiger partial charge in [0.1, 0.15) is 0 Å². The number of hydrogen-bond donors (Lipinski definition) is 1. The quantitative estimate of drug-likeness (QED) is 0.834. The zero-order valence-electron chi connectivity index (χ0n) is 11.2. The lowest BCUT2D eigenvalue weighted by Gasteiger charge is -2.30. The molecule has 2 rings (SSSR count). The molecule has 1 aromatic rings. The zero-order valence-corrected chi connectivity index (χ0v) is 11.2. The topological polar surface area (TPSA) is 39.7 Å². The van der Waals surface area contributed by atoms with E-state index in [4.69, 9.17) is 14.2 Å². The van der Waals surface area contributed by atoms with Crippen LogP contribution in [0.4, 0.5) is 0 Å². The van der Waals surface area contributed by atoms with Crippen LogP contribution in [0.15, 0.2) is 18.2 Å². The van der Waals surface area contributed by atoms with Crippen LogP contribution in [0.3, 0.4) is 0 Å². The fraction of sp³-hybridized carbons (Fsp3) is 0.571.